The van der Waals surface area contributed by atoms with Crippen molar-refractivity contribution in [2.75, 3.05) is 0 Å². The fourth-order valence-electron chi connectivity index (χ4n) is 1.66. The Hall–Kier alpha value is -1.63. The lowest BCUT2D eigenvalue weighted by molar-refractivity contribution is 0.803. The summed E-state index contributed by atoms with van der Waals surface area (Å²) < 4.78 is 3.97. The van der Waals surface area contributed by atoms with E-state index in [1.807, 2.05) is 19.9 Å². The summed E-state index contributed by atoms with van der Waals surface area (Å²) in [6.45, 7) is 4.52. The van der Waals surface area contributed by atoms with Crippen LogP contribution < -0.4 is 11.2 Å². The molecule has 0 aliphatic carbocycles. The Bertz CT molecular complexity index is 747. The zero-order chi connectivity index (χ0) is 13.4. The van der Waals surface area contributed by atoms with Crippen LogP contribution in [0.2, 0.25) is 0 Å². The molecular formula is C11H13BrN4O2. The van der Waals surface area contributed by atoms with Gasteiger partial charge in [-0.3, -0.25) is 9.36 Å². The Kier molecular flexibility index (Phi) is 3.25. The molecule has 2 aromatic rings. The second kappa shape index (κ2) is 4.56. The van der Waals surface area contributed by atoms with Crippen molar-refractivity contribution >= 4 is 27.3 Å². The number of allylic oxidation sites excluding steroid dienone is 2. The summed E-state index contributed by atoms with van der Waals surface area (Å²) in [6, 6.07) is 0. The average molecular weight is 313 g/mol. The largest absolute Gasteiger partial charge is 0.342 e. The maximum absolute atomic E-state index is 12.0. The van der Waals surface area contributed by atoms with E-state index < -0.39 is 11.2 Å². The summed E-state index contributed by atoms with van der Waals surface area (Å²) in [5.41, 5.74) is 1.11. The standard InChI is InChI=1S/C11H13BrN4O2/c1-7(2)4-5-15-6-13-9-8(15)10(17)16(12)11(18)14(9)3/h4,6H,5H2,1-3H3. The van der Waals surface area contributed by atoms with Crippen LogP contribution in [0.1, 0.15) is 13.8 Å². The van der Waals surface area contributed by atoms with Gasteiger partial charge < -0.3 is 4.57 Å². The van der Waals surface area contributed by atoms with E-state index >= 15 is 0 Å². The second-order valence-electron chi connectivity index (χ2n) is 4.28. The molecule has 0 unspecified atom stereocenters. The van der Waals surface area contributed by atoms with Crippen LogP contribution >= 0.6 is 16.1 Å². The molecule has 0 radical (unpaired) electrons. The van der Waals surface area contributed by atoms with Crippen molar-refractivity contribution in [3.8, 4) is 0 Å². The van der Waals surface area contributed by atoms with E-state index in [0.717, 1.165) is 9.17 Å². The van der Waals surface area contributed by atoms with Gasteiger partial charge in [0.2, 0.25) is 0 Å². The van der Waals surface area contributed by atoms with Crippen molar-refractivity contribution in [1.82, 2.24) is 17.7 Å². The van der Waals surface area contributed by atoms with Crippen molar-refractivity contribution in [1.29, 1.82) is 0 Å². The molecule has 18 heavy (non-hydrogen) atoms. The van der Waals surface area contributed by atoms with Gasteiger partial charge in [0.1, 0.15) is 0 Å². The zero-order valence-corrected chi connectivity index (χ0v) is 11.9. The first kappa shape index (κ1) is 12.8. The number of aromatic nitrogens is 4. The maximum Gasteiger partial charge on any atom is 0.342 e. The van der Waals surface area contributed by atoms with Crippen LogP contribution in [-0.2, 0) is 13.6 Å². The quantitative estimate of drug-likeness (QED) is 0.778. The summed E-state index contributed by atoms with van der Waals surface area (Å²) >= 11 is 2.96. The van der Waals surface area contributed by atoms with Crippen molar-refractivity contribution in [3.05, 3.63) is 38.8 Å². The lowest BCUT2D eigenvalue weighted by Crippen LogP contribution is -2.34. The highest BCUT2D eigenvalue weighted by molar-refractivity contribution is 9.08. The number of hydrogen-bond acceptors (Lipinski definition) is 3. The fourth-order valence-corrected chi connectivity index (χ4v) is 2.06. The molecule has 6 nitrogen and oxygen atoms in total. The molecule has 0 atom stereocenters. The van der Waals surface area contributed by atoms with Gasteiger partial charge in [-0.25, -0.2) is 9.78 Å². The van der Waals surface area contributed by atoms with E-state index in [0.29, 0.717) is 17.7 Å². The summed E-state index contributed by atoms with van der Waals surface area (Å²) in [5.74, 6) is 0. The molecule has 2 rings (SSSR count). The maximum atomic E-state index is 12.0. The van der Waals surface area contributed by atoms with Crippen LogP contribution in [0.4, 0.5) is 0 Å². The number of hydrogen-bond donors (Lipinski definition) is 0. The molecule has 96 valence electrons. The average Bonchev–Trinajstić information content (AvgIpc) is 2.75. The van der Waals surface area contributed by atoms with Crippen LogP contribution in [0.5, 0.6) is 0 Å². The first-order chi connectivity index (χ1) is 8.43. The van der Waals surface area contributed by atoms with Crippen LogP contribution in [0.15, 0.2) is 27.6 Å². The molecule has 7 heteroatoms. The van der Waals surface area contributed by atoms with E-state index in [1.54, 1.807) is 17.9 Å². The van der Waals surface area contributed by atoms with E-state index in [9.17, 15) is 9.59 Å². The Balaban J connectivity index is 2.78. The third-order valence-corrected chi connectivity index (χ3v) is 3.29. The van der Waals surface area contributed by atoms with Gasteiger partial charge in [-0.05, 0) is 13.8 Å². The van der Waals surface area contributed by atoms with E-state index in [1.165, 1.54) is 4.57 Å². The lowest BCUT2D eigenvalue weighted by atomic mass is 10.3. The zero-order valence-electron chi connectivity index (χ0n) is 10.3. The molecule has 0 saturated heterocycles. The molecular weight excluding hydrogens is 300 g/mol. The highest BCUT2D eigenvalue weighted by atomic mass is 79.9. The van der Waals surface area contributed by atoms with E-state index in [-0.39, 0.29) is 0 Å². The van der Waals surface area contributed by atoms with Gasteiger partial charge in [-0.1, -0.05) is 11.6 Å². The molecule has 0 aliphatic rings. The van der Waals surface area contributed by atoms with Crippen molar-refractivity contribution in [2.45, 2.75) is 20.4 Å². The smallest absolute Gasteiger partial charge is 0.321 e. The van der Waals surface area contributed by atoms with Crippen LogP contribution in [0.3, 0.4) is 0 Å². The van der Waals surface area contributed by atoms with Crippen molar-refractivity contribution in [3.63, 3.8) is 0 Å². The van der Waals surface area contributed by atoms with Crippen LogP contribution in [0, 0.1) is 0 Å². The minimum Gasteiger partial charge on any atom is -0.321 e. The molecule has 0 N–H and O–H groups in total. The number of aryl methyl sites for hydroxylation is 1. The van der Waals surface area contributed by atoms with Gasteiger partial charge in [-0.15, -0.1) is 0 Å². The van der Waals surface area contributed by atoms with Crippen LogP contribution in [-0.4, -0.2) is 17.7 Å². The van der Waals surface area contributed by atoms with Crippen molar-refractivity contribution in [2.24, 2.45) is 7.05 Å². The number of nitrogens with zero attached hydrogens (tertiary/aromatic N) is 4. The molecule has 2 heterocycles. The lowest BCUT2D eigenvalue weighted by Gasteiger charge is -2.03. The topological polar surface area (TPSA) is 61.8 Å². The molecule has 0 fully saturated rings. The summed E-state index contributed by atoms with van der Waals surface area (Å²) in [6.07, 6.45) is 3.56. The molecule has 0 spiro atoms. The van der Waals surface area contributed by atoms with E-state index in [2.05, 4.69) is 21.1 Å². The van der Waals surface area contributed by atoms with Gasteiger partial charge in [0, 0.05) is 13.6 Å². The third kappa shape index (κ3) is 1.94. The third-order valence-electron chi connectivity index (χ3n) is 2.67. The predicted molar refractivity (Wildman–Crippen MR) is 73.0 cm³/mol. The van der Waals surface area contributed by atoms with Crippen LogP contribution in [0.25, 0.3) is 11.2 Å². The SMILES string of the molecule is CC(C)=CCn1cnc2c1c(=O)n(Br)c(=O)n2C. The van der Waals surface area contributed by atoms with Gasteiger partial charge in [0.25, 0.3) is 5.56 Å². The Morgan fingerprint density at radius 2 is 2.11 bits per heavy atom. The summed E-state index contributed by atoms with van der Waals surface area (Å²) in [7, 11) is 1.58. The molecule has 0 saturated carbocycles. The Morgan fingerprint density at radius 1 is 1.44 bits per heavy atom. The molecule has 2 aromatic heterocycles. The first-order valence-corrected chi connectivity index (χ1v) is 6.10. The van der Waals surface area contributed by atoms with Gasteiger partial charge in [0.05, 0.1) is 22.5 Å². The molecule has 0 amide bonds. The molecule has 0 bridgehead atoms. The minimum atomic E-state index is -0.444. The highest BCUT2D eigenvalue weighted by Gasteiger charge is 2.14. The highest BCUT2D eigenvalue weighted by Crippen LogP contribution is 2.06. The van der Waals surface area contributed by atoms with Crippen molar-refractivity contribution < 1.29 is 0 Å². The molecule has 0 aromatic carbocycles. The predicted octanol–water partition coefficient (Wildman–Crippen LogP) is 1.02. The number of rotatable bonds is 2. The Morgan fingerprint density at radius 3 is 2.72 bits per heavy atom. The first-order valence-electron chi connectivity index (χ1n) is 5.40. The summed E-state index contributed by atoms with van der Waals surface area (Å²) in [4.78, 5) is 27.9. The second-order valence-corrected chi connectivity index (χ2v) is 4.99. The Labute approximate surface area is 112 Å². The normalized spacial score (nSPS) is 10.9. The van der Waals surface area contributed by atoms with Gasteiger partial charge in [-0.2, -0.15) is 3.59 Å². The fraction of sp³-hybridized carbons (Fsp3) is 0.364. The summed E-state index contributed by atoms with van der Waals surface area (Å²) in [5, 5.41) is 0. The minimum absolute atomic E-state index is 0.392. The molecule has 0 aliphatic heterocycles. The number of imidazole rings is 1. The number of fused-ring (bicyclic) bond motifs is 1. The van der Waals surface area contributed by atoms with Gasteiger partial charge in [0.15, 0.2) is 11.2 Å². The van der Waals surface area contributed by atoms with Gasteiger partial charge >= 0.3 is 5.69 Å². The van der Waals surface area contributed by atoms with E-state index in [4.69, 9.17) is 0 Å². The number of halogens is 1. The monoisotopic (exact) mass is 312 g/mol.